The molecule has 0 N–H and O–H groups in total. The van der Waals surface area contributed by atoms with Crippen LogP contribution in [0.1, 0.15) is 46.2 Å². The van der Waals surface area contributed by atoms with Crippen LogP contribution in [0, 0.1) is 13.8 Å². The van der Waals surface area contributed by atoms with Gasteiger partial charge in [-0.3, -0.25) is 9.48 Å². The van der Waals surface area contributed by atoms with Crippen molar-refractivity contribution in [2.24, 2.45) is 0 Å². The number of aromatic nitrogens is 3. The normalized spacial score (nSPS) is 18.6. The van der Waals surface area contributed by atoms with Gasteiger partial charge in [-0.2, -0.15) is 5.10 Å². The van der Waals surface area contributed by atoms with Crippen molar-refractivity contribution in [3.8, 4) is 0 Å². The number of likely N-dealkylation sites (tertiary alicyclic amines) is 1. The van der Waals surface area contributed by atoms with Crippen molar-refractivity contribution < 1.29 is 9.32 Å². The fourth-order valence-electron chi connectivity index (χ4n) is 4.68. The van der Waals surface area contributed by atoms with Crippen molar-refractivity contribution in [3.05, 3.63) is 46.9 Å². The molecule has 0 spiro atoms. The molecule has 1 amide bonds. The highest BCUT2D eigenvalue weighted by Gasteiger charge is 2.30. The zero-order valence-electron chi connectivity index (χ0n) is 17.1. The Labute approximate surface area is 170 Å². The summed E-state index contributed by atoms with van der Waals surface area (Å²) in [7, 11) is 0. The second-order valence-corrected chi connectivity index (χ2v) is 8.25. The van der Waals surface area contributed by atoms with Crippen molar-refractivity contribution in [3.63, 3.8) is 0 Å². The number of hydrogen-bond donors (Lipinski definition) is 0. The first-order valence-corrected chi connectivity index (χ1v) is 10.5. The molecule has 0 radical (unpaired) electrons. The minimum absolute atomic E-state index is 0.123. The van der Waals surface area contributed by atoms with E-state index in [9.17, 15) is 4.79 Å². The Bertz CT molecular complexity index is 1040. The molecule has 7 heteroatoms. The summed E-state index contributed by atoms with van der Waals surface area (Å²) >= 11 is 0. The molecule has 4 heterocycles. The van der Waals surface area contributed by atoms with Gasteiger partial charge in [0.05, 0.1) is 17.9 Å². The summed E-state index contributed by atoms with van der Waals surface area (Å²) in [4.78, 5) is 17.3. The van der Waals surface area contributed by atoms with Crippen molar-refractivity contribution in [2.75, 3.05) is 32.7 Å². The predicted octanol–water partition coefficient (Wildman–Crippen LogP) is 2.98. The topological polar surface area (TPSA) is 67.4 Å². The molecule has 2 aliphatic rings. The Hall–Kier alpha value is -2.67. The second kappa shape index (κ2) is 7.30. The Kier molecular flexibility index (Phi) is 4.62. The van der Waals surface area contributed by atoms with Crippen LogP contribution in [0.3, 0.4) is 0 Å². The van der Waals surface area contributed by atoms with Crippen LogP contribution in [0.4, 0.5) is 0 Å². The highest BCUT2D eigenvalue weighted by Crippen LogP contribution is 2.32. The first-order valence-electron chi connectivity index (χ1n) is 10.5. The molecule has 5 rings (SSSR count). The van der Waals surface area contributed by atoms with Crippen LogP contribution in [0.25, 0.3) is 11.0 Å². The monoisotopic (exact) mass is 393 g/mol. The van der Waals surface area contributed by atoms with Crippen LogP contribution in [0.5, 0.6) is 0 Å². The van der Waals surface area contributed by atoms with Crippen molar-refractivity contribution in [1.29, 1.82) is 0 Å². The molecule has 0 bridgehead atoms. The maximum Gasteiger partial charge on any atom is 0.272 e. The lowest BCUT2D eigenvalue weighted by Crippen LogP contribution is -2.45. The SMILES string of the molecule is Cc1nn2c(c1C)C(=O)N(CCN1CCC(c3noc4ccccc34)CC1)CC2. The average molecular weight is 393 g/mol. The molecule has 1 aromatic carbocycles. The molecule has 0 unspecified atom stereocenters. The van der Waals surface area contributed by atoms with E-state index in [1.54, 1.807) is 0 Å². The molecule has 0 saturated carbocycles. The lowest BCUT2D eigenvalue weighted by Gasteiger charge is -2.34. The fourth-order valence-corrected chi connectivity index (χ4v) is 4.68. The highest BCUT2D eigenvalue weighted by atomic mass is 16.5. The second-order valence-electron chi connectivity index (χ2n) is 8.25. The van der Waals surface area contributed by atoms with E-state index in [2.05, 4.69) is 21.2 Å². The maximum atomic E-state index is 12.9. The van der Waals surface area contributed by atoms with Gasteiger partial charge in [-0.25, -0.2) is 0 Å². The van der Waals surface area contributed by atoms with Crippen LogP contribution in [0.15, 0.2) is 28.8 Å². The quantitative estimate of drug-likeness (QED) is 0.682. The zero-order valence-corrected chi connectivity index (χ0v) is 17.1. The van der Waals surface area contributed by atoms with E-state index in [1.165, 1.54) is 0 Å². The van der Waals surface area contributed by atoms with Gasteiger partial charge in [-0.15, -0.1) is 0 Å². The van der Waals surface area contributed by atoms with Gasteiger partial charge in [-0.1, -0.05) is 17.3 Å². The van der Waals surface area contributed by atoms with Crippen LogP contribution in [-0.2, 0) is 6.54 Å². The van der Waals surface area contributed by atoms with E-state index in [4.69, 9.17) is 4.52 Å². The molecule has 7 nitrogen and oxygen atoms in total. The minimum atomic E-state index is 0.123. The largest absolute Gasteiger partial charge is 0.356 e. The van der Waals surface area contributed by atoms with Gasteiger partial charge in [0, 0.05) is 36.5 Å². The first-order chi connectivity index (χ1) is 14.1. The summed E-state index contributed by atoms with van der Waals surface area (Å²) in [6.45, 7) is 9.26. The number of para-hydroxylation sites is 1. The average Bonchev–Trinajstić information content (AvgIpc) is 3.29. The third-order valence-corrected chi connectivity index (χ3v) is 6.56. The molecule has 2 aliphatic heterocycles. The lowest BCUT2D eigenvalue weighted by atomic mass is 9.91. The molecular weight excluding hydrogens is 366 g/mol. The van der Waals surface area contributed by atoms with E-state index in [1.807, 2.05) is 41.6 Å². The standard InChI is InChI=1S/C22H27N5O2/c1-15-16(2)23-27-14-13-26(22(28)21(15)27)12-11-25-9-7-17(8-10-25)20-18-5-3-4-6-19(18)29-24-20/h3-6,17H,7-14H2,1-2H3. The van der Waals surface area contributed by atoms with Gasteiger partial charge in [0.2, 0.25) is 0 Å². The number of hydrogen-bond acceptors (Lipinski definition) is 5. The molecule has 0 aliphatic carbocycles. The third kappa shape index (κ3) is 3.23. The number of amides is 1. The van der Waals surface area contributed by atoms with E-state index < -0.39 is 0 Å². The first kappa shape index (κ1) is 18.4. The number of nitrogens with zero attached hydrogens (tertiary/aromatic N) is 5. The van der Waals surface area contributed by atoms with Crippen molar-refractivity contribution in [1.82, 2.24) is 24.7 Å². The summed E-state index contributed by atoms with van der Waals surface area (Å²) in [5.41, 5.74) is 4.72. The Balaban J connectivity index is 1.18. The van der Waals surface area contributed by atoms with Gasteiger partial charge in [0.1, 0.15) is 5.69 Å². The molecule has 152 valence electrons. The van der Waals surface area contributed by atoms with Crippen molar-refractivity contribution in [2.45, 2.75) is 39.2 Å². The predicted molar refractivity (Wildman–Crippen MR) is 110 cm³/mol. The summed E-state index contributed by atoms with van der Waals surface area (Å²) in [6.07, 6.45) is 2.16. The summed E-state index contributed by atoms with van der Waals surface area (Å²) in [5.74, 6) is 0.574. The highest BCUT2D eigenvalue weighted by molar-refractivity contribution is 5.94. The zero-order chi connectivity index (χ0) is 20.0. The van der Waals surface area contributed by atoms with E-state index in [-0.39, 0.29) is 5.91 Å². The van der Waals surface area contributed by atoms with E-state index in [0.29, 0.717) is 5.92 Å². The molecular formula is C22H27N5O2. The number of fused-ring (bicyclic) bond motifs is 2. The van der Waals surface area contributed by atoms with Crippen LogP contribution in [-0.4, -0.2) is 63.4 Å². The number of benzene rings is 1. The van der Waals surface area contributed by atoms with Gasteiger partial charge >= 0.3 is 0 Å². The molecule has 0 atom stereocenters. The maximum absolute atomic E-state index is 12.9. The number of aryl methyl sites for hydroxylation is 1. The van der Waals surface area contributed by atoms with Crippen LogP contribution < -0.4 is 0 Å². The van der Waals surface area contributed by atoms with E-state index in [0.717, 1.165) is 85.7 Å². The van der Waals surface area contributed by atoms with Gasteiger partial charge < -0.3 is 14.3 Å². The molecule has 3 aromatic rings. The number of rotatable bonds is 4. The number of piperidine rings is 1. The smallest absolute Gasteiger partial charge is 0.272 e. The summed E-state index contributed by atoms with van der Waals surface area (Å²) < 4.78 is 7.37. The van der Waals surface area contributed by atoms with Crippen LogP contribution in [0.2, 0.25) is 0 Å². The van der Waals surface area contributed by atoms with Crippen LogP contribution >= 0.6 is 0 Å². The Morgan fingerprint density at radius 2 is 1.86 bits per heavy atom. The van der Waals surface area contributed by atoms with Gasteiger partial charge in [0.15, 0.2) is 5.58 Å². The summed E-state index contributed by atoms with van der Waals surface area (Å²) in [5, 5.41) is 9.98. The Morgan fingerprint density at radius 3 is 2.69 bits per heavy atom. The Morgan fingerprint density at radius 1 is 1.07 bits per heavy atom. The van der Waals surface area contributed by atoms with Gasteiger partial charge in [0.25, 0.3) is 5.91 Å². The minimum Gasteiger partial charge on any atom is -0.356 e. The van der Waals surface area contributed by atoms with Crippen molar-refractivity contribution >= 4 is 16.9 Å². The van der Waals surface area contributed by atoms with E-state index >= 15 is 0 Å². The lowest BCUT2D eigenvalue weighted by molar-refractivity contribution is 0.0666. The molecule has 1 saturated heterocycles. The fraction of sp³-hybridized carbons (Fsp3) is 0.500. The molecule has 2 aromatic heterocycles. The number of carbonyl (C=O) groups is 1. The van der Waals surface area contributed by atoms with Gasteiger partial charge in [-0.05, 0) is 51.9 Å². The third-order valence-electron chi connectivity index (χ3n) is 6.56. The number of carbonyl (C=O) groups excluding carboxylic acids is 1. The molecule has 1 fully saturated rings. The summed E-state index contributed by atoms with van der Waals surface area (Å²) in [6, 6.07) is 8.11. The molecule has 29 heavy (non-hydrogen) atoms.